The van der Waals surface area contributed by atoms with E-state index in [0.717, 1.165) is 18.9 Å². The van der Waals surface area contributed by atoms with Crippen molar-refractivity contribution in [2.75, 3.05) is 6.54 Å². The van der Waals surface area contributed by atoms with Crippen LogP contribution in [-0.2, 0) is 0 Å². The van der Waals surface area contributed by atoms with Crippen LogP contribution < -0.4 is 5.73 Å². The molecule has 2 atom stereocenters. The topological polar surface area (TPSA) is 26.0 Å². The predicted molar refractivity (Wildman–Crippen MR) is 36.0 cm³/mol. The summed E-state index contributed by atoms with van der Waals surface area (Å²) < 4.78 is 0. The van der Waals surface area contributed by atoms with Gasteiger partial charge < -0.3 is 5.73 Å². The van der Waals surface area contributed by atoms with Crippen LogP contribution in [0.1, 0.15) is 19.3 Å². The Balaban J connectivity index is 2.22. The first kappa shape index (κ1) is 6.37. The molecule has 0 saturated heterocycles. The summed E-state index contributed by atoms with van der Waals surface area (Å²) in [7, 11) is 0. The molecule has 2 unspecified atom stereocenters. The van der Waals surface area contributed by atoms with Gasteiger partial charge in [-0.3, -0.25) is 0 Å². The van der Waals surface area contributed by atoms with Crippen molar-refractivity contribution < 1.29 is 0 Å². The Morgan fingerprint density at radius 1 is 1.50 bits per heavy atom. The highest BCUT2D eigenvalue weighted by Crippen LogP contribution is 2.28. The van der Waals surface area contributed by atoms with Gasteiger partial charge in [0, 0.05) is 5.38 Å². The van der Waals surface area contributed by atoms with Crippen molar-refractivity contribution in [3.05, 3.63) is 0 Å². The molecule has 1 aliphatic carbocycles. The predicted octanol–water partition coefficient (Wildman–Crippen LogP) is 1.35. The van der Waals surface area contributed by atoms with Gasteiger partial charge in [-0.15, -0.1) is 11.6 Å². The molecule has 0 aromatic carbocycles. The number of halogens is 1. The first-order valence-electron chi connectivity index (χ1n) is 3.17. The molecule has 0 bridgehead atoms. The Labute approximate surface area is 55.2 Å². The molecule has 0 spiro atoms. The minimum Gasteiger partial charge on any atom is -0.330 e. The van der Waals surface area contributed by atoms with Crippen LogP contribution >= 0.6 is 11.6 Å². The van der Waals surface area contributed by atoms with Gasteiger partial charge >= 0.3 is 0 Å². The third kappa shape index (κ3) is 1.36. The lowest BCUT2D eigenvalue weighted by Gasteiger charge is -2.01. The molecule has 1 nitrogen and oxygen atoms in total. The van der Waals surface area contributed by atoms with Gasteiger partial charge in [-0.1, -0.05) is 0 Å². The van der Waals surface area contributed by atoms with Gasteiger partial charge in [0.25, 0.3) is 0 Å². The van der Waals surface area contributed by atoms with E-state index in [2.05, 4.69) is 0 Å². The van der Waals surface area contributed by atoms with Gasteiger partial charge in [0.05, 0.1) is 0 Å². The van der Waals surface area contributed by atoms with Crippen LogP contribution in [0, 0.1) is 5.92 Å². The van der Waals surface area contributed by atoms with E-state index in [0.29, 0.717) is 5.38 Å². The Morgan fingerprint density at radius 3 is 2.50 bits per heavy atom. The van der Waals surface area contributed by atoms with Crippen LogP contribution in [0.4, 0.5) is 0 Å². The lowest BCUT2D eigenvalue weighted by atomic mass is 10.1. The monoisotopic (exact) mass is 133 g/mol. The summed E-state index contributed by atoms with van der Waals surface area (Å²) in [6, 6.07) is 0. The van der Waals surface area contributed by atoms with Gasteiger partial charge in [0.2, 0.25) is 0 Å². The summed E-state index contributed by atoms with van der Waals surface area (Å²) in [5.74, 6) is 0.720. The molecule has 1 rings (SSSR count). The Morgan fingerprint density at radius 2 is 2.25 bits per heavy atom. The molecule has 48 valence electrons. The van der Waals surface area contributed by atoms with Crippen LogP contribution in [0.2, 0.25) is 0 Å². The maximum atomic E-state index is 5.83. The first-order chi connectivity index (χ1) is 3.83. The molecule has 1 aliphatic rings. The second kappa shape index (κ2) is 2.70. The standard InChI is InChI=1S/C6H12ClN/c7-6-2-1-5(3-6)4-8/h5-6H,1-4,8H2. The van der Waals surface area contributed by atoms with Crippen molar-refractivity contribution in [3.8, 4) is 0 Å². The highest BCUT2D eigenvalue weighted by molar-refractivity contribution is 6.20. The van der Waals surface area contributed by atoms with E-state index in [9.17, 15) is 0 Å². The van der Waals surface area contributed by atoms with Gasteiger partial charge in [-0.2, -0.15) is 0 Å². The van der Waals surface area contributed by atoms with Crippen molar-refractivity contribution in [2.24, 2.45) is 11.7 Å². The molecule has 8 heavy (non-hydrogen) atoms. The molecule has 0 aromatic rings. The lowest BCUT2D eigenvalue weighted by Crippen LogP contribution is -2.10. The van der Waals surface area contributed by atoms with Crippen molar-refractivity contribution >= 4 is 11.6 Å². The van der Waals surface area contributed by atoms with E-state index in [-0.39, 0.29) is 0 Å². The fourth-order valence-corrected chi connectivity index (χ4v) is 1.61. The summed E-state index contributed by atoms with van der Waals surface area (Å²) in [5.41, 5.74) is 5.44. The number of hydrogen-bond acceptors (Lipinski definition) is 1. The van der Waals surface area contributed by atoms with E-state index >= 15 is 0 Å². The second-order valence-corrected chi connectivity index (χ2v) is 3.13. The Hall–Kier alpha value is 0.250. The average Bonchev–Trinajstić information content (AvgIpc) is 2.14. The Kier molecular flexibility index (Phi) is 2.15. The fourth-order valence-electron chi connectivity index (χ4n) is 1.23. The van der Waals surface area contributed by atoms with Gasteiger partial charge in [0.15, 0.2) is 0 Å². The fraction of sp³-hybridized carbons (Fsp3) is 1.00. The molecular weight excluding hydrogens is 122 g/mol. The molecule has 0 heterocycles. The second-order valence-electron chi connectivity index (χ2n) is 2.51. The Bertz CT molecular complexity index is 74.9. The van der Waals surface area contributed by atoms with Crippen molar-refractivity contribution in [3.63, 3.8) is 0 Å². The van der Waals surface area contributed by atoms with Gasteiger partial charge in [-0.05, 0) is 31.7 Å². The van der Waals surface area contributed by atoms with E-state index in [1.165, 1.54) is 12.8 Å². The van der Waals surface area contributed by atoms with Gasteiger partial charge in [0.1, 0.15) is 0 Å². The van der Waals surface area contributed by atoms with Crippen molar-refractivity contribution in [1.82, 2.24) is 0 Å². The van der Waals surface area contributed by atoms with Crippen LogP contribution in [0.5, 0.6) is 0 Å². The molecule has 1 saturated carbocycles. The maximum absolute atomic E-state index is 5.83. The van der Waals surface area contributed by atoms with Crippen molar-refractivity contribution in [1.29, 1.82) is 0 Å². The quantitative estimate of drug-likeness (QED) is 0.537. The summed E-state index contributed by atoms with van der Waals surface area (Å²) in [4.78, 5) is 0. The lowest BCUT2D eigenvalue weighted by molar-refractivity contribution is 0.563. The number of hydrogen-bond donors (Lipinski definition) is 1. The number of rotatable bonds is 1. The van der Waals surface area contributed by atoms with E-state index in [4.69, 9.17) is 17.3 Å². The molecule has 0 radical (unpaired) electrons. The zero-order valence-electron chi connectivity index (χ0n) is 4.94. The maximum Gasteiger partial charge on any atom is 0.0339 e. The zero-order valence-corrected chi connectivity index (χ0v) is 5.69. The average molecular weight is 134 g/mol. The molecular formula is C6H12ClN. The summed E-state index contributed by atoms with van der Waals surface area (Å²) in [5, 5.41) is 0.420. The van der Waals surface area contributed by atoms with E-state index in [1.54, 1.807) is 0 Å². The van der Waals surface area contributed by atoms with Gasteiger partial charge in [-0.25, -0.2) is 0 Å². The largest absolute Gasteiger partial charge is 0.330 e. The summed E-state index contributed by atoms with van der Waals surface area (Å²) in [6.07, 6.45) is 3.55. The molecule has 0 aliphatic heterocycles. The normalized spacial score (nSPS) is 38.2. The zero-order chi connectivity index (χ0) is 5.98. The summed E-state index contributed by atoms with van der Waals surface area (Å²) >= 11 is 5.83. The van der Waals surface area contributed by atoms with Crippen LogP contribution in [-0.4, -0.2) is 11.9 Å². The third-order valence-corrected chi connectivity index (χ3v) is 2.21. The van der Waals surface area contributed by atoms with E-state index < -0.39 is 0 Å². The third-order valence-electron chi connectivity index (χ3n) is 1.81. The molecule has 2 N–H and O–H groups in total. The number of alkyl halides is 1. The molecule has 0 aromatic heterocycles. The van der Waals surface area contributed by atoms with Crippen LogP contribution in [0.3, 0.4) is 0 Å². The van der Waals surface area contributed by atoms with Crippen molar-refractivity contribution in [2.45, 2.75) is 24.6 Å². The first-order valence-corrected chi connectivity index (χ1v) is 3.60. The summed E-state index contributed by atoms with van der Waals surface area (Å²) in [6.45, 7) is 0.823. The minimum absolute atomic E-state index is 0.420. The minimum atomic E-state index is 0.420. The smallest absolute Gasteiger partial charge is 0.0339 e. The van der Waals surface area contributed by atoms with Crippen LogP contribution in [0.15, 0.2) is 0 Å². The molecule has 1 fully saturated rings. The van der Waals surface area contributed by atoms with Crippen LogP contribution in [0.25, 0.3) is 0 Å². The SMILES string of the molecule is NCC1CCC(Cl)C1. The molecule has 0 amide bonds. The molecule has 2 heteroatoms. The highest BCUT2D eigenvalue weighted by Gasteiger charge is 2.20. The van der Waals surface area contributed by atoms with E-state index in [1.807, 2.05) is 0 Å². The highest BCUT2D eigenvalue weighted by atomic mass is 35.5. The number of nitrogens with two attached hydrogens (primary N) is 1.